The molecule has 0 unspecified atom stereocenters. The van der Waals surface area contributed by atoms with Crippen LogP contribution < -0.4 is 5.32 Å². The Morgan fingerprint density at radius 1 is 1.26 bits per heavy atom. The number of aromatic nitrogens is 2. The van der Waals surface area contributed by atoms with Crippen molar-refractivity contribution in [3.63, 3.8) is 0 Å². The van der Waals surface area contributed by atoms with Gasteiger partial charge in [-0.15, -0.1) is 0 Å². The van der Waals surface area contributed by atoms with E-state index in [9.17, 15) is 9.18 Å². The Balaban J connectivity index is 1.73. The molecule has 1 fully saturated rings. The maximum absolute atomic E-state index is 13.4. The van der Waals surface area contributed by atoms with Crippen LogP contribution >= 0.6 is 0 Å². The zero-order valence-electron chi connectivity index (χ0n) is 15.3. The Kier molecular flexibility index (Phi) is 4.53. The molecule has 27 heavy (non-hydrogen) atoms. The number of pyridine rings is 1. The highest BCUT2D eigenvalue weighted by atomic mass is 19.1. The van der Waals surface area contributed by atoms with Crippen molar-refractivity contribution in [1.29, 1.82) is 0 Å². The Labute approximate surface area is 156 Å². The topological polar surface area (TPSA) is 59.4 Å². The average Bonchev–Trinajstić information content (AvgIpc) is 3.07. The number of halogens is 1. The maximum Gasteiger partial charge on any atom is 0.257 e. The number of ether oxygens (including phenoxy) is 1. The van der Waals surface area contributed by atoms with Crippen molar-refractivity contribution in [3.05, 3.63) is 53.6 Å². The molecule has 1 aliphatic heterocycles. The van der Waals surface area contributed by atoms with Gasteiger partial charge in [-0.2, -0.15) is 0 Å². The number of hydrogen-bond donors (Lipinski definition) is 1. The van der Waals surface area contributed by atoms with Crippen molar-refractivity contribution in [2.45, 2.75) is 6.92 Å². The molecule has 1 amide bonds. The first kappa shape index (κ1) is 17.5. The molecule has 140 valence electrons. The fraction of sp³-hybridized carbons (Fsp3) is 0.300. The minimum Gasteiger partial charge on any atom is -0.378 e. The lowest BCUT2D eigenvalue weighted by molar-refractivity contribution is 0.0303. The third-order valence-electron chi connectivity index (χ3n) is 4.88. The summed E-state index contributed by atoms with van der Waals surface area (Å²) in [4.78, 5) is 19.3. The van der Waals surface area contributed by atoms with Gasteiger partial charge in [-0.3, -0.25) is 4.79 Å². The largest absolute Gasteiger partial charge is 0.378 e. The van der Waals surface area contributed by atoms with Gasteiger partial charge in [-0.05, 0) is 36.8 Å². The van der Waals surface area contributed by atoms with Gasteiger partial charge >= 0.3 is 0 Å². The lowest BCUT2D eigenvalue weighted by Crippen LogP contribution is -2.40. The second kappa shape index (κ2) is 7.00. The fourth-order valence-corrected chi connectivity index (χ4v) is 3.40. The number of amides is 1. The Morgan fingerprint density at radius 3 is 2.78 bits per heavy atom. The van der Waals surface area contributed by atoms with Crippen LogP contribution in [0.3, 0.4) is 0 Å². The Bertz CT molecular complexity index is 1010. The summed E-state index contributed by atoms with van der Waals surface area (Å²) in [5, 5.41) is 4.11. The van der Waals surface area contributed by atoms with E-state index in [0.717, 1.165) is 22.2 Å². The second-order valence-electron chi connectivity index (χ2n) is 6.70. The first-order valence-electron chi connectivity index (χ1n) is 8.89. The molecular formula is C20H21FN4O2. The van der Waals surface area contributed by atoms with Crippen LogP contribution in [-0.2, 0) is 11.8 Å². The van der Waals surface area contributed by atoms with Gasteiger partial charge in [0.05, 0.1) is 24.3 Å². The van der Waals surface area contributed by atoms with E-state index >= 15 is 0 Å². The van der Waals surface area contributed by atoms with Crippen molar-refractivity contribution >= 4 is 28.3 Å². The predicted octanol–water partition coefficient (Wildman–Crippen LogP) is 3.24. The predicted molar refractivity (Wildman–Crippen MR) is 102 cm³/mol. The van der Waals surface area contributed by atoms with Gasteiger partial charge in [0, 0.05) is 43.6 Å². The van der Waals surface area contributed by atoms with Crippen LogP contribution in [-0.4, -0.2) is 46.7 Å². The van der Waals surface area contributed by atoms with Crippen molar-refractivity contribution in [1.82, 2.24) is 14.5 Å². The van der Waals surface area contributed by atoms with Crippen LogP contribution in [0.5, 0.6) is 0 Å². The Morgan fingerprint density at radius 2 is 2.04 bits per heavy atom. The molecule has 0 saturated carbocycles. The number of anilines is 2. The van der Waals surface area contributed by atoms with Gasteiger partial charge in [0.25, 0.3) is 5.91 Å². The molecule has 0 atom stereocenters. The third-order valence-corrected chi connectivity index (χ3v) is 4.88. The highest BCUT2D eigenvalue weighted by Gasteiger charge is 2.23. The van der Waals surface area contributed by atoms with Crippen LogP contribution in [0, 0.1) is 12.7 Å². The molecule has 6 nitrogen and oxygen atoms in total. The number of morpholine rings is 1. The molecule has 1 N–H and O–H groups in total. The SMILES string of the molecule is Cc1cc(F)ccc1Nc1ncc(C(=O)N2CCOCC2)c2c1ccn2C. The van der Waals surface area contributed by atoms with Crippen LogP contribution in [0.25, 0.3) is 10.9 Å². The zero-order chi connectivity index (χ0) is 19.0. The summed E-state index contributed by atoms with van der Waals surface area (Å²) in [6.45, 7) is 4.11. The standard InChI is InChI=1S/C20H21FN4O2/c1-13-11-14(21)3-4-17(13)23-19-15-5-6-24(2)18(15)16(12-22-19)20(26)25-7-9-27-10-8-25/h3-6,11-12H,7-10H2,1-2H3,(H,22,23). The van der Waals surface area contributed by atoms with Gasteiger partial charge in [-0.25, -0.2) is 9.37 Å². The maximum atomic E-state index is 13.4. The van der Waals surface area contributed by atoms with E-state index in [4.69, 9.17) is 4.74 Å². The number of rotatable bonds is 3. The molecule has 0 aliphatic carbocycles. The molecular weight excluding hydrogens is 347 g/mol. The average molecular weight is 368 g/mol. The highest BCUT2D eigenvalue weighted by molar-refractivity contribution is 6.08. The zero-order valence-corrected chi connectivity index (χ0v) is 15.3. The van der Waals surface area contributed by atoms with Crippen LogP contribution in [0.1, 0.15) is 15.9 Å². The van der Waals surface area contributed by atoms with Crippen LogP contribution in [0.15, 0.2) is 36.7 Å². The molecule has 2 aromatic heterocycles. The van der Waals surface area contributed by atoms with Gasteiger partial charge in [0.1, 0.15) is 11.6 Å². The summed E-state index contributed by atoms with van der Waals surface area (Å²) in [5.41, 5.74) is 2.96. The lowest BCUT2D eigenvalue weighted by atomic mass is 10.1. The smallest absolute Gasteiger partial charge is 0.257 e. The van der Waals surface area contributed by atoms with Crippen LogP contribution in [0.4, 0.5) is 15.9 Å². The lowest BCUT2D eigenvalue weighted by Gasteiger charge is -2.27. The van der Waals surface area contributed by atoms with Crippen molar-refractivity contribution < 1.29 is 13.9 Å². The molecule has 4 rings (SSSR count). The number of fused-ring (bicyclic) bond motifs is 1. The van der Waals surface area contributed by atoms with Gasteiger partial charge < -0.3 is 19.5 Å². The number of aryl methyl sites for hydroxylation is 2. The van der Waals surface area contributed by atoms with E-state index in [-0.39, 0.29) is 11.7 Å². The summed E-state index contributed by atoms with van der Waals surface area (Å²) in [6.07, 6.45) is 3.52. The van der Waals surface area contributed by atoms with E-state index in [1.807, 2.05) is 30.8 Å². The van der Waals surface area contributed by atoms with E-state index < -0.39 is 0 Å². The molecule has 3 aromatic rings. The monoisotopic (exact) mass is 368 g/mol. The molecule has 3 heterocycles. The minimum atomic E-state index is -0.276. The molecule has 0 radical (unpaired) electrons. The van der Waals surface area contributed by atoms with E-state index in [0.29, 0.717) is 37.7 Å². The van der Waals surface area contributed by atoms with Gasteiger partial charge in [0.2, 0.25) is 0 Å². The summed E-state index contributed by atoms with van der Waals surface area (Å²) < 4.78 is 20.6. The minimum absolute atomic E-state index is 0.0397. The van der Waals surface area contributed by atoms with Crippen LogP contribution in [0.2, 0.25) is 0 Å². The summed E-state index contributed by atoms with van der Waals surface area (Å²) >= 11 is 0. The number of carbonyl (C=O) groups is 1. The highest BCUT2D eigenvalue weighted by Crippen LogP contribution is 2.29. The summed E-state index contributed by atoms with van der Waals surface area (Å²) in [5.74, 6) is 0.322. The normalized spacial score (nSPS) is 14.6. The van der Waals surface area contributed by atoms with E-state index in [1.165, 1.54) is 12.1 Å². The first-order valence-corrected chi connectivity index (χ1v) is 8.89. The number of nitrogens with zero attached hydrogens (tertiary/aromatic N) is 3. The summed E-state index contributed by atoms with van der Waals surface area (Å²) in [6, 6.07) is 6.50. The number of carbonyl (C=O) groups excluding carboxylic acids is 1. The van der Waals surface area contributed by atoms with Crippen molar-refractivity contribution in [2.24, 2.45) is 7.05 Å². The fourth-order valence-electron chi connectivity index (χ4n) is 3.40. The molecule has 1 aliphatic rings. The van der Waals surface area contributed by atoms with E-state index in [2.05, 4.69) is 10.3 Å². The molecule has 1 aromatic carbocycles. The summed E-state index contributed by atoms with van der Waals surface area (Å²) in [7, 11) is 1.91. The molecule has 0 spiro atoms. The molecule has 7 heteroatoms. The second-order valence-corrected chi connectivity index (χ2v) is 6.70. The Hall–Kier alpha value is -2.93. The first-order chi connectivity index (χ1) is 13.0. The molecule has 0 bridgehead atoms. The van der Waals surface area contributed by atoms with Crippen molar-refractivity contribution in [2.75, 3.05) is 31.6 Å². The van der Waals surface area contributed by atoms with E-state index in [1.54, 1.807) is 17.2 Å². The quantitative estimate of drug-likeness (QED) is 0.771. The number of benzene rings is 1. The number of nitrogens with one attached hydrogen (secondary N) is 1. The van der Waals surface area contributed by atoms with Crippen molar-refractivity contribution in [3.8, 4) is 0 Å². The third kappa shape index (κ3) is 3.26. The molecule has 1 saturated heterocycles. The number of hydrogen-bond acceptors (Lipinski definition) is 4. The van der Waals surface area contributed by atoms with Gasteiger partial charge in [0.15, 0.2) is 0 Å². The van der Waals surface area contributed by atoms with Gasteiger partial charge in [-0.1, -0.05) is 0 Å².